The summed E-state index contributed by atoms with van der Waals surface area (Å²) in [5, 5.41) is 8.70. The van der Waals surface area contributed by atoms with Crippen LogP contribution in [0.15, 0.2) is 0 Å². The average molecular weight is 243 g/mol. The second kappa shape index (κ2) is 6.93. The maximum Gasteiger partial charge on any atom is 0.320 e. The van der Waals surface area contributed by atoms with Gasteiger partial charge in [0, 0.05) is 13.1 Å². The summed E-state index contributed by atoms with van der Waals surface area (Å²) in [7, 11) is 4.20. The highest BCUT2D eigenvalue weighted by atomic mass is 16.4. The zero-order valence-electron chi connectivity index (χ0n) is 10.9. The van der Waals surface area contributed by atoms with Gasteiger partial charge in [0.05, 0.1) is 0 Å². The van der Waals surface area contributed by atoms with Crippen LogP contribution < -0.4 is 5.73 Å². The first kappa shape index (κ1) is 14.4. The number of carboxylic acid groups (broad SMARTS) is 1. The molecule has 1 saturated heterocycles. The van der Waals surface area contributed by atoms with E-state index in [9.17, 15) is 4.79 Å². The van der Waals surface area contributed by atoms with Crippen molar-refractivity contribution >= 4 is 5.97 Å². The average Bonchev–Trinajstić information content (AvgIpc) is 2.25. The van der Waals surface area contributed by atoms with Gasteiger partial charge in [-0.25, -0.2) is 0 Å². The van der Waals surface area contributed by atoms with Crippen molar-refractivity contribution in [2.45, 2.75) is 25.3 Å². The lowest BCUT2D eigenvalue weighted by Gasteiger charge is -2.32. The predicted octanol–water partition coefficient (Wildman–Crippen LogP) is 0.0620. The minimum absolute atomic E-state index is 0.522. The van der Waals surface area contributed by atoms with Gasteiger partial charge < -0.3 is 20.6 Å². The molecule has 2 unspecified atom stereocenters. The van der Waals surface area contributed by atoms with E-state index in [0.717, 1.165) is 19.6 Å². The zero-order valence-corrected chi connectivity index (χ0v) is 10.9. The summed E-state index contributed by atoms with van der Waals surface area (Å²) < 4.78 is 0. The Morgan fingerprint density at radius 3 is 2.94 bits per heavy atom. The number of rotatable bonds is 6. The van der Waals surface area contributed by atoms with Crippen molar-refractivity contribution in [3.63, 3.8) is 0 Å². The minimum atomic E-state index is -0.907. The largest absolute Gasteiger partial charge is 0.480 e. The molecule has 1 fully saturated rings. The molecule has 1 rings (SSSR count). The number of hydrogen-bond acceptors (Lipinski definition) is 4. The smallest absolute Gasteiger partial charge is 0.320 e. The molecule has 0 aromatic carbocycles. The third-order valence-corrected chi connectivity index (χ3v) is 3.43. The number of nitrogens with zero attached hydrogens (tertiary/aromatic N) is 2. The van der Waals surface area contributed by atoms with Crippen LogP contribution in [0.2, 0.25) is 0 Å². The topological polar surface area (TPSA) is 69.8 Å². The number of carbonyl (C=O) groups is 1. The molecule has 1 aliphatic heterocycles. The lowest BCUT2D eigenvalue weighted by molar-refractivity contribution is -0.138. The lowest BCUT2D eigenvalue weighted by Crippen LogP contribution is -2.40. The first-order valence-electron chi connectivity index (χ1n) is 6.34. The van der Waals surface area contributed by atoms with E-state index in [-0.39, 0.29) is 0 Å². The van der Waals surface area contributed by atoms with Crippen molar-refractivity contribution in [1.29, 1.82) is 0 Å². The van der Waals surface area contributed by atoms with Crippen LogP contribution in [0.25, 0.3) is 0 Å². The standard InChI is InChI=1S/C12H25N3O2/c1-14-6-3-4-10(8-14)9-15(2)7-5-11(13)12(16)17/h10-11H,3-9,13H2,1-2H3,(H,16,17). The molecule has 0 bridgehead atoms. The highest BCUT2D eigenvalue weighted by molar-refractivity contribution is 5.72. The van der Waals surface area contributed by atoms with Crippen LogP contribution in [0, 0.1) is 5.92 Å². The fourth-order valence-corrected chi connectivity index (χ4v) is 2.44. The van der Waals surface area contributed by atoms with Crippen LogP contribution in [0.5, 0.6) is 0 Å². The summed E-state index contributed by atoms with van der Waals surface area (Å²) in [6.45, 7) is 4.14. The van der Waals surface area contributed by atoms with Crippen LogP contribution in [0.3, 0.4) is 0 Å². The fourth-order valence-electron chi connectivity index (χ4n) is 2.44. The molecule has 17 heavy (non-hydrogen) atoms. The number of piperidine rings is 1. The molecule has 1 heterocycles. The summed E-state index contributed by atoms with van der Waals surface area (Å²) >= 11 is 0. The van der Waals surface area contributed by atoms with Gasteiger partial charge in [0.2, 0.25) is 0 Å². The molecule has 0 aromatic rings. The van der Waals surface area contributed by atoms with Gasteiger partial charge in [-0.3, -0.25) is 4.79 Å². The molecule has 0 amide bonds. The predicted molar refractivity (Wildman–Crippen MR) is 67.9 cm³/mol. The van der Waals surface area contributed by atoms with Gasteiger partial charge in [-0.05, 0) is 52.4 Å². The van der Waals surface area contributed by atoms with Gasteiger partial charge in [0.25, 0.3) is 0 Å². The number of hydrogen-bond donors (Lipinski definition) is 2. The normalized spacial score (nSPS) is 23.9. The van der Waals surface area contributed by atoms with Crippen LogP contribution in [0.4, 0.5) is 0 Å². The molecule has 0 aliphatic carbocycles. The SMILES string of the molecule is CN1CCCC(CN(C)CCC(N)C(=O)O)C1. The number of aliphatic carboxylic acids is 1. The van der Waals surface area contributed by atoms with E-state index in [1.54, 1.807) is 0 Å². The summed E-state index contributed by atoms with van der Waals surface area (Å²) in [5.74, 6) is -0.199. The van der Waals surface area contributed by atoms with Gasteiger partial charge >= 0.3 is 5.97 Å². The summed E-state index contributed by atoms with van der Waals surface area (Å²) in [4.78, 5) is 15.2. The Hall–Kier alpha value is -0.650. The van der Waals surface area contributed by atoms with E-state index < -0.39 is 12.0 Å². The van der Waals surface area contributed by atoms with Crippen LogP contribution in [0.1, 0.15) is 19.3 Å². The van der Waals surface area contributed by atoms with Crippen LogP contribution >= 0.6 is 0 Å². The quantitative estimate of drug-likeness (QED) is 0.690. The highest BCUT2D eigenvalue weighted by Crippen LogP contribution is 2.15. The van der Waals surface area contributed by atoms with Crippen molar-refractivity contribution in [3.05, 3.63) is 0 Å². The molecule has 1 aliphatic rings. The van der Waals surface area contributed by atoms with Crippen LogP contribution in [-0.2, 0) is 4.79 Å². The first-order chi connectivity index (χ1) is 7.99. The van der Waals surface area contributed by atoms with E-state index in [1.165, 1.54) is 19.4 Å². The second-order valence-electron chi connectivity index (χ2n) is 5.27. The van der Waals surface area contributed by atoms with E-state index in [0.29, 0.717) is 12.3 Å². The Morgan fingerprint density at radius 1 is 1.65 bits per heavy atom. The lowest BCUT2D eigenvalue weighted by atomic mass is 9.98. The van der Waals surface area contributed by atoms with Crippen molar-refractivity contribution < 1.29 is 9.90 Å². The van der Waals surface area contributed by atoms with E-state index in [2.05, 4.69) is 16.8 Å². The monoisotopic (exact) mass is 243 g/mol. The van der Waals surface area contributed by atoms with Gasteiger partial charge in [-0.1, -0.05) is 0 Å². The zero-order chi connectivity index (χ0) is 12.8. The summed E-state index contributed by atoms with van der Waals surface area (Å²) in [6.07, 6.45) is 3.07. The molecular formula is C12H25N3O2. The van der Waals surface area contributed by atoms with Crippen molar-refractivity contribution in [1.82, 2.24) is 9.80 Å². The molecule has 5 heteroatoms. The number of likely N-dealkylation sites (tertiary alicyclic amines) is 1. The first-order valence-corrected chi connectivity index (χ1v) is 6.34. The molecular weight excluding hydrogens is 218 g/mol. The Balaban J connectivity index is 2.20. The van der Waals surface area contributed by atoms with E-state index >= 15 is 0 Å². The fraction of sp³-hybridized carbons (Fsp3) is 0.917. The maximum atomic E-state index is 10.6. The number of nitrogens with two attached hydrogens (primary N) is 1. The Bertz CT molecular complexity index is 248. The second-order valence-corrected chi connectivity index (χ2v) is 5.27. The summed E-state index contributed by atoms with van der Waals surface area (Å²) in [6, 6.07) is -0.730. The van der Waals surface area contributed by atoms with Crippen LogP contribution in [-0.4, -0.2) is 67.2 Å². The Labute approximate surface area is 104 Å². The molecule has 100 valence electrons. The molecule has 3 N–H and O–H groups in total. The summed E-state index contributed by atoms with van der Waals surface area (Å²) in [5.41, 5.74) is 5.49. The van der Waals surface area contributed by atoms with Crippen molar-refractivity contribution in [2.75, 3.05) is 40.3 Å². The van der Waals surface area contributed by atoms with E-state index in [4.69, 9.17) is 10.8 Å². The van der Waals surface area contributed by atoms with Gasteiger partial charge in [0.1, 0.15) is 6.04 Å². The molecule has 0 spiro atoms. The van der Waals surface area contributed by atoms with Crippen molar-refractivity contribution in [3.8, 4) is 0 Å². The Kier molecular flexibility index (Phi) is 5.88. The van der Waals surface area contributed by atoms with Gasteiger partial charge in [-0.15, -0.1) is 0 Å². The van der Waals surface area contributed by atoms with Crippen molar-refractivity contribution in [2.24, 2.45) is 11.7 Å². The van der Waals surface area contributed by atoms with Gasteiger partial charge in [0.15, 0.2) is 0 Å². The van der Waals surface area contributed by atoms with E-state index in [1.807, 2.05) is 7.05 Å². The van der Waals surface area contributed by atoms with Gasteiger partial charge in [-0.2, -0.15) is 0 Å². The molecule has 0 aromatic heterocycles. The minimum Gasteiger partial charge on any atom is -0.480 e. The number of carboxylic acids is 1. The molecule has 5 nitrogen and oxygen atoms in total. The molecule has 2 atom stereocenters. The third kappa shape index (κ3) is 5.48. The Morgan fingerprint density at radius 2 is 2.35 bits per heavy atom. The molecule has 0 saturated carbocycles. The third-order valence-electron chi connectivity index (χ3n) is 3.43. The maximum absolute atomic E-state index is 10.6. The molecule has 0 radical (unpaired) electrons. The highest BCUT2D eigenvalue weighted by Gasteiger charge is 2.19.